The van der Waals surface area contributed by atoms with Crippen LogP contribution in [-0.4, -0.2) is 46.9 Å². The summed E-state index contributed by atoms with van der Waals surface area (Å²) in [4.78, 5) is 17.1. The number of amides is 1. The van der Waals surface area contributed by atoms with E-state index in [9.17, 15) is 4.79 Å². The number of rotatable bonds is 6. The minimum absolute atomic E-state index is 0.123. The second-order valence-electron chi connectivity index (χ2n) is 7.12. The fourth-order valence-corrected chi connectivity index (χ4v) is 3.59. The Labute approximate surface area is 139 Å². The lowest BCUT2D eigenvalue weighted by Gasteiger charge is -2.39. The second-order valence-corrected chi connectivity index (χ2v) is 7.12. The molecule has 2 N–H and O–H groups in total. The van der Waals surface area contributed by atoms with Crippen molar-refractivity contribution in [3.05, 3.63) is 35.9 Å². The molecular weight excluding hydrogens is 286 g/mol. The third-order valence-electron chi connectivity index (χ3n) is 5.05. The third kappa shape index (κ3) is 4.33. The van der Waals surface area contributed by atoms with Crippen molar-refractivity contribution in [3.63, 3.8) is 0 Å². The summed E-state index contributed by atoms with van der Waals surface area (Å²) in [6.07, 6.45) is 5.99. The van der Waals surface area contributed by atoms with Gasteiger partial charge in [0, 0.05) is 25.2 Å². The Morgan fingerprint density at radius 3 is 2.65 bits per heavy atom. The SMILES string of the molecule is C[C@H](N)C(=O)N(C[C@@H]1CCCCN1Cc1ccccc1)C1CC1. The van der Waals surface area contributed by atoms with Gasteiger partial charge in [-0.3, -0.25) is 9.69 Å². The molecule has 2 aliphatic rings. The zero-order valence-corrected chi connectivity index (χ0v) is 14.2. The van der Waals surface area contributed by atoms with Crippen LogP contribution in [0.5, 0.6) is 0 Å². The molecule has 0 spiro atoms. The van der Waals surface area contributed by atoms with E-state index in [-0.39, 0.29) is 11.9 Å². The first kappa shape index (κ1) is 16.5. The number of nitrogens with zero attached hydrogens (tertiary/aromatic N) is 2. The van der Waals surface area contributed by atoms with Crippen molar-refractivity contribution >= 4 is 5.91 Å². The van der Waals surface area contributed by atoms with Gasteiger partial charge in [-0.2, -0.15) is 0 Å². The number of carbonyl (C=O) groups is 1. The molecule has 1 aliphatic carbocycles. The normalized spacial score (nSPS) is 23.5. The van der Waals surface area contributed by atoms with Crippen LogP contribution in [0.4, 0.5) is 0 Å². The quantitative estimate of drug-likeness (QED) is 0.877. The summed E-state index contributed by atoms with van der Waals surface area (Å²) in [5, 5.41) is 0. The van der Waals surface area contributed by atoms with Gasteiger partial charge in [0.1, 0.15) is 0 Å². The van der Waals surface area contributed by atoms with Crippen molar-refractivity contribution < 1.29 is 4.79 Å². The van der Waals surface area contributed by atoms with Crippen LogP contribution in [0.25, 0.3) is 0 Å². The highest BCUT2D eigenvalue weighted by atomic mass is 16.2. The molecule has 23 heavy (non-hydrogen) atoms. The summed E-state index contributed by atoms with van der Waals surface area (Å²) in [5.74, 6) is 0.123. The number of hydrogen-bond donors (Lipinski definition) is 1. The Morgan fingerprint density at radius 1 is 1.26 bits per heavy atom. The van der Waals surface area contributed by atoms with Crippen LogP contribution in [0.2, 0.25) is 0 Å². The van der Waals surface area contributed by atoms with Crippen LogP contribution >= 0.6 is 0 Å². The molecule has 1 amide bonds. The van der Waals surface area contributed by atoms with Gasteiger partial charge in [0.05, 0.1) is 6.04 Å². The van der Waals surface area contributed by atoms with Crippen LogP contribution in [0.15, 0.2) is 30.3 Å². The predicted molar refractivity (Wildman–Crippen MR) is 92.9 cm³/mol. The highest BCUT2D eigenvalue weighted by Gasteiger charge is 2.36. The Balaban J connectivity index is 1.66. The molecule has 2 atom stereocenters. The zero-order valence-electron chi connectivity index (χ0n) is 14.2. The first-order valence-corrected chi connectivity index (χ1v) is 8.99. The number of likely N-dealkylation sites (tertiary alicyclic amines) is 1. The smallest absolute Gasteiger partial charge is 0.239 e. The maximum absolute atomic E-state index is 12.4. The molecule has 0 unspecified atom stereocenters. The average molecular weight is 315 g/mol. The molecule has 4 heteroatoms. The Bertz CT molecular complexity index is 513. The highest BCUT2D eigenvalue weighted by Crippen LogP contribution is 2.29. The Kier molecular flexibility index (Phi) is 5.34. The van der Waals surface area contributed by atoms with Crippen LogP contribution in [0.3, 0.4) is 0 Å². The molecule has 1 aliphatic heterocycles. The van der Waals surface area contributed by atoms with Crippen molar-refractivity contribution in [2.24, 2.45) is 5.73 Å². The maximum Gasteiger partial charge on any atom is 0.239 e. The van der Waals surface area contributed by atoms with Gasteiger partial charge in [-0.25, -0.2) is 0 Å². The summed E-state index contributed by atoms with van der Waals surface area (Å²) >= 11 is 0. The first-order valence-electron chi connectivity index (χ1n) is 8.99. The average Bonchev–Trinajstić information content (AvgIpc) is 3.39. The lowest BCUT2D eigenvalue weighted by molar-refractivity contribution is -0.134. The number of hydrogen-bond acceptors (Lipinski definition) is 3. The molecule has 2 fully saturated rings. The van der Waals surface area contributed by atoms with E-state index >= 15 is 0 Å². The Hall–Kier alpha value is -1.39. The predicted octanol–water partition coefficient (Wildman–Crippen LogP) is 2.38. The molecule has 1 aromatic rings. The van der Waals surface area contributed by atoms with Crippen LogP contribution < -0.4 is 5.73 Å². The van der Waals surface area contributed by atoms with Crippen molar-refractivity contribution in [1.82, 2.24) is 9.80 Å². The van der Waals surface area contributed by atoms with E-state index in [1.807, 2.05) is 0 Å². The summed E-state index contributed by atoms with van der Waals surface area (Å²) in [6.45, 7) is 4.76. The summed E-state index contributed by atoms with van der Waals surface area (Å²) < 4.78 is 0. The van der Waals surface area contributed by atoms with E-state index in [2.05, 4.69) is 40.1 Å². The molecule has 1 saturated heterocycles. The maximum atomic E-state index is 12.4. The fraction of sp³-hybridized carbons (Fsp3) is 0.632. The van der Waals surface area contributed by atoms with E-state index in [0.29, 0.717) is 12.1 Å². The van der Waals surface area contributed by atoms with E-state index in [4.69, 9.17) is 5.73 Å². The summed E-state index contributed by atoms with van der Waals surface area (Å²) in [6, 6.07) is 11.2. The lowest BCUT2D eigenvalue weighted by Crippen LogP contribution is -2.51. The van der Waals surface area contributed by atoms with Gasteiger partial charge in [-0.1, -0.05) is 36.8 Å². The minimum atomic E-state index is -0.387. The topological polar surface area (TPSA) is 49.6 Å². The fourth-order valence-electron chi connectivity index (χ4n) is 3.59. The van der Waals surface area contributed by atoms with E-state index in [1.54, 1.807) is 6.92 Å². The van der Waals surface area contributed by atoms with Crippen LogP contribution in [0, 0.1) is 0 Å². The molecular formula is C19H29N3O. The summed E-state index contributed by atoms with van der Waals surface area (Å²) in [5.41, 5.74) is 7.22. The molecule has 0 bridgehead atoms. The standard InChI is InChI=1S/C19H29N3O/c1-15(20)19(23)22(17-10-11-17)14-18-9-5-6-12-21(18)13-16-7-3-2-4-8-16/h2-4,7-8,15,17-18H,5-6,9-14,20H2,1H3/t15-,18-/m0/s1. The van der Waals surface area contributed by atoms with Gasteiger partial charge in [0.15, 0.2) is 0 Å². The largest absolute Gasteiger partial charge is 0.337 e. The molecule has 1 heterocycles. The van der Waals surface area contributed by atoms with Gasteiger partial charge in [0.25, 0.3) is 0 Å². The molecule has 1 saturated carbocycles. The number of carbonyl (C=O) groups excluding carboxylic acids is 1. The van der Waals surface area contributed by atoms with Crippen molar-refractivity contribution in [2.45, 2.75) is 63.7 Å². The monoisotopic (exact) mass is 315 g/mol. The highest BCUT2D eigenvalue weighted by molar-refractivity contribution is 5.81. The van der Waals surface area contributed by atoms with Gasteiger partial charge in [-0.15, -0.1) is 0 Å². The van der Waals surface area contributed by atoms with Crippen molar-refractivity contribution in [3.8, 4) is 0 Å². The van der Waals surface area contributed by atoms with E-state index < -0.39 is 0 Å². The van der Waals surface area contributed by atoms with Crippen LogP contribution in [-0.2, 0) is 11.3 Å². The number of nitrogens with two attached hydrogens (primary N) is 1. The molecule has 1 aromatic carbocycles. The first-order chi connectivity index (χ1) is 11.1. The van der Waals surface area contributed by atoms with Gasteiger partial charge >= 0.3 is 0 Å². The molecule has 0 aromatic heterocycles. The number of piperidine rings is 1. The van der Waals surface area contributed by atoms with Gasteiger partial charge in [-0.05, 0) is 44.7 Å². The van der Waals surface area contributed by atoms with Crippen molar-refractivity contribution in [1.29, 1.82) is 0 Å². The van der Waals surface area contributed by atoms with Crippen LogP contribution in [0.1, 0.15) is 44.6 Å². The summed E-state index contributed by atoms with van der Waals surface area (Å²) in [7, 11) is 0. The third-order valence-corrected chi connectivity index (χ3v) is 5.05. The van der Waals surface area contributed by atoms with E-state index in [1.165, 1.54) is 24.8 Å². The second kappa shape index (κ2) is 7.45. The Morgan fingerprint density at radius 2 is 2.00 bits per heavy atom. The number of benzene rings is 1. The van der Waals surface area contributed by atoms with E-state index in [0.717, 1.165) is 32.5 Å². The van der Waals surface area contributed by atoms with Gasteiger partial charge < -0.3 is 10.6 Å². The minimum Gasteiger partial charge on any atom is -0.337 e. The zero-order chi connectivity index (χ0) is 16.2. The molecule has 4 nitrogen and oxygen atoms in total. The van der Waals surface area contributed by atoms with Gasteiger partial charge in [0.2, 0.25) is 5.91 Å². The van der Waals surface area contributed by atoms with Crippen molar-refractivity contribution in [2.75, 3.05) is 13.1 Å². The molecule has 0 radical (unpaired) electrons. The molecule has 3 rings (SSSR count). The lowest BCUT2D eigenvalue weighted by atomic mass is 10.00. The molecule has 126 valence electrons.